The summed E-state index contributed by atoms with van der Waals surface area (Å²) in [5, 5.41) is 2.65. The van der Waals surface area contributed by atoms with Crippen molar-refractivity contribution in [3.05, 3.63) is 52.6 Å². The van der Waals surface area contributed by atoms with Crippen LogP contribution in [0.5, 0.6) is 0 Å². The standard InChI is InChI=1S/C21H21F3N6O3S/c22-21(23,24)16-12(19(32)26-5-6-30-7-9-33-10-8-30)11-27-18(29-16)15(17(25)31)20-28-13-3-1-2-4-14(13)34-20/h1-4,11,15H,5-10H2,(H2,25,31)(H,26,32). The number of nitrogens with one attached hydrogen (secondary N) is 1. The number of para-hydroxylation sites is 1. The molecule has 3 heterocycles. The van der Waals surface area contributed by atoms with Crippen LogP contribution in [-0.4, -0.2) is 71.1 Å². The van der Waals surface area contributed by atoms with E-state index in [2.05, 4.69) is 20.3 Å². The number of hydrogen-bond acceptors (Lipinski definition) is 8. The monoisotopic (exact) mass is 494 g/mol. The number of alkyl halides is 3. The molecule has 0 radical (unpaired) electrons. The van der Waals surface area contributed by atoms with Gasteiger partial charge in [-0.25, -0.2) is 15.0 Å². The Bertz CT molecular complexity index is 1160. The molecule has 0 spiro atoms. The average molecular weight is 494 g/mol. The van der Waals surface area contributed by atoms with E-state index in [4.69, 9.17) is 10.5 Å². The summed E-state index contributed by atoms with van der Waals surface area (Å²) in [4.78, 5) is 38.5. The number of morpholine rings is 1. The summed E-state index contributed by atoms with van der Waals surface area (Å²) < 4.78 is 47.4. The molecule has 1 atom stereocenters. The van der Waals surface area contributed by atoms with Crippen molar-refractivity contribution in [2.75, 3.05) is 39.4 Å². The molecule has 1 aromatic carbocycles. The largest absolute Gasteiger partial charge is 0.434 e. The van der Waals surface area contributed by atoms with Crippen molar-refractivity contribution in [3.63, 3.8) is 0 Å². The second-order valence-corrected chi connectivity index (χ2v) is 8.62. The van der Waals surface area contributed by atoms with Crippen LogP contribution in [0.15, 0.2) is 30.5 Å². The van der Waals surface area contributed by atoms with Crippen LogP contribution in [0.4, 0.5) is 13.2 Å². The summed E-state index contributed by atoms with van der Waals surface area (Å²) in [6, 6.07) is 6.99. The number of aromatic nitrogens is 3. The molecule has 0 aliphatic carbocycles. The number of carbonyl (C=O) groups is 2. The lowest BCUT2D eigenvalue weighted by Crippen LogP contribution is -2.41. The van der Waals surface area contributed by atoms with E-state index in [-0.39, 0.29) is 11.6 Å². The predicted molar refractivity (Wildman–Crippen MR) is 117 cm³/mol. The van der Waals surface area contributed by atoms with E-state index in [1.54, 1.807) is 24.3 Å². The van der Waals surface area contributed by atoms with Crippen molar-refractivity contribution >= 4 is 33.4 Å². The maximum atomic E-state index is 13.8. The molecule has 1 unspecified atom stereocenters. The summed E-state index contributed by atoms with van der Waals surface area (Å²) >= 11 is 1.11. The first-order valence-electron chi connectivity index (χ1n) is 10.4. The highest BCUT2D eigenvalue weighted by Gasteiger charge is 2.39. The molecule has 4 rings (SSSR count). The molecule has 1 saturated heterocycles. The SMILES string of the molecule is NC(=O)C(c1ncc(C(=O)NCCN2CCOCC2)c(C(F)(F)F)n1)c1nc2ccccc2s1. The third kappa shape index (κ3) is 5.32. The summed E-state index contributed by atoms with van der Waals surface area (Å²) in [5.41, 5.74) is 3.89. The van der Waals surface area contributed by atoms with Crippen LogP contribution in [0, 0.1) is 0 Å². The summed E-state index contributed by atoms with van der Waals surface area (Å²) in [6.07, 6.45) is -4.18. The molecular weight excluding hydrogens is 473 g/mol. The van der Waals surface area contributed by atoms with Gasteiger partial charge < -0.3 is 15.8 Å². The number of amides is 2. The van der Waals surface area contributed by atoms with Gasteiger partial charge >= 0.3 is 6.18 Å². The van der Waals surface area contributed by atoms with Gasteiger partial charge in [0, 0.05) is 32.4 Å². The normalized spacial score (nSPS) is 15.9. The van der Waals surface area contributed by atoms with Crippen molar-refractivity contribution in [2.24, 2.45) is 5.73 Å². The van der Waals surface area contributed by atoms with Crippen molar-refractivity contribution in [3.8, 4) is 0 Å². The zero-order valence-corrected chi connectivity index (χ0v) is 18.7. The van der Waals surface area contributed by atoms with Crippen LogP contribution in [0.25, 0.3) is 10.2 Å². The molecule has 1 fully saturated rings. The number of ether oxygens (including phenoxy) is 1. The lowest BCUT2D eigenvalue weighted by atomic mass is 10.1. The Morgan fingerprint density at radius 3 is 2.62 bits per heavy atom. The first kappa shape index (κ1) is 24.0. The first-order chi connectivity index (χ1) is 16.2. The van der Waals surface area contributed by atoms with Crippen LogP contribution >= 0.6 is 11.3 Å². The van der Waals surface area contributed by atoms with E-state index in [1.165, 1.54) is 0 Å². The second kappa shape index (κ2) is 9.99. The Balaban J connectivity index is 1.60. The number of halogens is 3. The molecule has 1 aliphatic heterocycles. The molecule has 9 nitrogen and oxygen atoms in total. The molecule has 180 valence electrons. The number of thiazole rings is 1. The fourth-order valence-electron chi connectivity index (χ4n) is 3.54. The lowest BCUT2D eigenvalue weighted by molar-refractivity contribution is -0.142. The highest BCUT2D eigenvalue weighted by molar-refractivity contribution is 7.18. The van der Waals surface area contributed by atoms with Crippen molar-refractivity contribution in [1.29, 1.82) is 0 Å². The smallest absolute Gasteiger partial charge is 0.379 e. The van der Waals surface area contributed by atoms with E-state index in [9.17, 15) is 22.8 Å². The Kier molecular flexibility index (Phi) is 7.05. The predicted octanol–water partition coefficient (Wildman–Crippen LogP) is 1.78. The Morgan fingerprint density at radius 1 is 1.21 bits per heavy atom. The van der Waals surface area contributed by atoms with E-state index in [1.807, 2.05) is 4.90 Å². The van der Waals surface area contributed by atoms with E-state index in [0.29, 0.717) is 38.4 Å². The number of primary amides is 1. The summed E-state index contributed by atoms with van der Waals surface area (Å²) in [7, 11) is 0. The summed E-state index contributed by atoms with van der Waals surface area (Å²) in [5.74, 6) is -3.77. The number of carbonyl (C=O) groups excluding carboxylic acids is 2. The molecule has 0 saturated carbocycles. The van der Waals surface area contributed by atoms with Gasteiger partial charge in [-0.2, -0.15) is 13.2 Å². The van der Waals surface area contributed by atoms with E-state index >= 15 is 0 Å². The summed E-state index contributed by atoms with van der Waals surface area (Å²) in [6.45, 7) is 3.11. The van der Waals surface area contributed by atoms with Gasteiger partial charge in [-0.15, -0.1) is 11.3 Å². The number of nitrogens with zero attached hydrogens (tertiary/aromatic N) is 4. The maximum absolute atomic E-state index is 13.8. The highest BCUT2D eigenvalue weighted by atomic mass is 32.1. The van der Waals surface area contributed by atoms with Crippen LogP contribution in [0.3, 0.4) is 0 Å². The fourth-order valence-corrected chi connectivity index (χ4v) is 4.61. The van der Waals surface area contributed by atoms with Gasteiger partial charge in [0.2, 0.25) is 5.91 Å². The number of rotatable bonds is 7. The van der Waals surface area contributed by atoms with E-state index < -0.39 is 41.0 Å². The molecule has 3 aromatic rings. The third-order valence-corrected chi connectivity index (χ3v) is 6.34. The number of hydrogen-bond donors (Lipinski definition) is 2. The minimum Gasteiger partial charge on any atom is -0.379 e. The van der Waals surface area contributed by atoms with Gasteiger partial charge in [0.25, 0.3) is 5.91 Å². The average Bonchev–Trinajstić information content (AvgIpc) is 3.22. The molecule has 34 heavy (non-hydrogen) atoms. The van der Waals surface area contributed by atoms with Gasteiger partial charge in [-0.3, -0.25) is 14.5 Å². The number of nitrogens with two attached hydrogens (primary N) is 1. The Morgan fingerprint density at radius 2 is 1.94 bits per heavy atom. The van der Waals surface area contributed by atoms with E-state index in [0.717, 1.165) is 22.2 Å². The van der Waals surface area contributed by atoms with Gasteiger partial charge in [-0.1, -0.05) is 12.1 Å². The van der Waals surface area contributed by atoms with Gasteiger partial charge in [-0.05, 0) is 12.1 Å². The number of benzene rings is 1. The second-order valence-electron chi connectivity index (χ2n) is 7.55. The van der Waals surface area contributed by atoms with Crippen molar-refractivity contribution in [1.82, 2.24) is 25.2 Å². The minimum atomic E-state index is -4.95. The fraction of sp³-hybridized carbons (Fsp3) is 0.381. The van der Waals surface area contributed by atoms with Crippen LogP contribution in [0.1, 0.15) is 32.8 Å². The van der Waals surface area contributed by atoms with Gasteiger partial charge in [0.15, 0.2) is 5.69 Å². The van der Waals surface area contributed by atoms with Crippen LogP contribution in [0.2, 0.25) is 0 Å². The zero-order chi connectivity index (χ0) is 24.3. The topological polar surface area (TPSA) is 123 Å². The molecule has 2 amide bonds. The molecule has 2 aromatic heterocycles. The zero-order valence-electron chi connectivity index (χ0n) is 17.8. The van der Waals surface area contributed by atoms with Gasteiger partial charge in [0.05, 0.1) is 29.0 Å². The number of fused-ring (bicyclic) bond motifs is 1. The third-order valence-electron chi connectivity index (χ3n) is 5.24. The van der Waals surface area contributed by atoms with Gasteiger partial charge in [0.1, 0.15) is 16.7 Å². The van der Waals surface area contributed by atoms with Crippen molar-refractivity contribution in [2.45, 2.75) is 12.1 Å². The Hall–Kier alpha value is -3.16. The Labute approximate surface area is 196 Å². The van der Waals surface area contributed by atoms with Crippen LogP contribution < -0.4 is 11.1 Å². The molecule has 0 bridgehead atoms. The first-order valence-corrected chi connectivity index (χ1v) is 11.2. The molecule has 3 N–H and O–H groups in total. The van der Waals surface area contributed by atoms with Crippen LogP contribution in [-0.2, 0) is 15.7 Å². The quantitative estimate of drug-likeness (QED) is 0.513. The highest BCUT2D eigenvalue weighted by Crippen LogP contribution is 2.34. The minimum absolute atomic E-state index is 0.146. The maximum Gasteiger partial charge on any atom is 0.434 e. The molecule has 13 heteroatoms. The molecular formula is C21H21F3N6O3S. The lowest BCUT2D eigenvalue weighted by Gasteiger charge is -2.26. The molecule has 1 aliphatic rings. The van der Waals surface area contributed by atoms with Crippen molar-refractivity contribution < 1.29 is 27.5 Å².